The van der Waals surface area contributed by atoms with Gasteiger partial charge in [0, 0.05) is 25.2 Å². The molecule has 1 aliphatic carbocycles. The summed E-state index contributed by atoms with van der Waals surface area (Å²) < 4.78 is 31.5. The number of aromatic nitrogens is 1. The smallest absolute Gasteiger partial charge is 0.256 e. The van der Waals surface area contributed by atoms with Gasteiger partial charge in [0.25, 0.3) is 5.91 Å². The molecule has 0 atom stereocenters. The zero-order chi connectivity index (χ0) is 21.5. The zero-order valence-electron chi connectivity index (χ0n) is 17.1. The number of sulfonamides is 1. The van der Waals surface area contributed by atoms with E-state index in [1.807, 2.05) is 24.3 Å². The number of para-hydroxylation sites is 1. The molecule has 1 amide bonds. The third-order valence-electron chi connectivity index (χ3n) is 5.34. The van der Waals surface area contributed by atoms with E-state index >= 15 is 0 Å². The number of carbonyl (C=O) groups is 1. The number of fused-ring (bicyclic) bond motifs is 2. The highest BCUT2D eigenvalue weighted by atomic mass is 32.2. The van der Waals surface area contributed by atoms with Crippen molar-refractivity contribution in [2.75, 3.05) is 26.5 Å². The van der Waals surface area contributed by atoms with Crippen LogP contribution in [0, 0.1) is 0 Å². The Bertz CT molecular complexity index is 1250. The Hall–Kier alpha value is -2.97. The van der Waals surface area contributed by atoms with Gasteiger partial charge in [0.2, 0.25) is 10.0 Å². The van der Waals surface area contributed by atoms with Crippen molar-refractivity contribution in [3.05, 3.63) is 59.3 Å². The van der Waals surface area contributed by atoms with E-state index in [1.165, 1.54) is 33.3 Å². The molecule has 2 aromatic carbocycles. The fraction of sp³-hybridized carbons (Fsp3) is 0.273. The van der Waals surface area contributed by atoms with E-state index in [4.69, 9.17) is 9.72 Å². The highest BCUT2D eigenvalue weighted by Gasteiger charge is 2.25. The molecule has 7 nitrogen and oxygen atoms in total. The summed E-state index contributed by atoms with van der Waals surface area (Å²) in [5.74, 6) is 0.0838. The molecular weight excluding hydrogens is 402 g/mol. The first-order valence-corrected chi connectivity index (χ1v) is 11.1. The van der Waals surface area contributed by atoms with Crippen LogP contribution in [0.25, 0.3) is 10.9 Å². The van der Waals surface area contributed by atoms with Crippen molar-refractivity contribution in [3.63, 3.8) is 0 Å². The highest BCUT2D eigenvalue weighted by Crippen LogP contribution is 2.33. The zero-order valence-corrected chi connectivity index (χ0v) is 17.9. The average Bonchev–Trinajstić information content (AvgIpc) is 3.19. The Morgan fingerprint density at radius 2 is 1.90 bits per heavy atom. The summed E-state index contributed by atoms with van der Waals surface area (Å²) in [5.41, 5.74) is 3.59. The highest BCUT2D eigenvalue weighted by molar-refractivity contribution is 7.89. The van der Waals surface area contributed by atoms with Crippen molar-refractivity contribution in [1.82, 2.24) is 9.29 Å². The Labute approximate surface area is 175 Å². The number of methoxy groups -OCH3 is 1. The van der Waals surface area contributed by atoms with Crippen molar-refractivity contribution < 1.29 is 17.9 Å². The van der Waals surface area contributed by atoms with Gasteiger partial charge in [0.05, 0.1) is 28.8 Å². The molecule has 0 radical (unpaired) electrons. The summed E-state index contributed by atoms with van der Waals surface area (Å²) in [6.07, 6.45) is 2.60. The van der Waals surface area contributed by atoms with E-state index < -0.39 is 10.0 Å². The second kappa shape index (κ2) is 7.70. The van der Waals surface area contributed by atoms with Crippen LogP contribution < -0.4 is 10.1 Å². The lowest BCUT2D eigenvalue weighted by atomic mass is 10.0. The summed E-state index contributed by atoms with van der Waals surface area (Å²) in [7, 11) is 0.749. The number of hydrogen-bond acceptors (Lipinski definition) is 5. The maximum absolute atomic E-state index is 13.4. The Balaban J connectivity index is 1.81. The van der Waals surface area contributed by atoms with Gasteiger partial charge >= 0.3 is 0 Å². The van der Waals surface area contributed by atoms with Crippen molar-refractivity contribution in [2.45, 2.75) is 24.2 Å². The standard InChI is InChI=1S/C22H23N3O4S/c1-25(2)30(27,28)14-11-12-20(29-3)19(13-14)24-22(26)21-15-7-4-5-9-17(15)23-18-10-6-8-16(18)21/h4-5,7,9,11-13H,6,8,10H2,1-3H3,(H,24,26). The molecule has 30 heavy (non-hydrogen) atoms. The molecule has 3 aromatic rings. The van der Waals surface area contributed by atoms with Gasteiger partial charge in [-0.1, -0.05) is 18.2 Å². The van der Waals surface area contributed by atoms with E-state index in [2.05, 4.69) is 5.32 Å². The van der Waals surface area contributed by atoms with Crippen LogP contribution in [0.2, 0.25) is 0 Å². The van der Waals surface area contributed by atoms with E-state index in [1.54, 1.807) is 6.07 Å². The van der Waals surface area contributed by atoms with Crippen LogP contribution in [0.4, 0.5) is 5.69 Å². The van der Waals surface area contributed by atoms with Gasteiger partial charge in [-0.25, -0.2) is 12.7 Å². The van der Waals surface area contributed by atoms with Crippen molar-refractivity contribution in [3.8, 4) is 5.75 Å². The van der Waals surface area contributed by atoms with Crippen molar-refractivity contribution in [1.29, 1.82) is 0 Å². The Morgan fingerprint density at radius 3 is 2.63 bits per heavy atom. The van der Waals surface area contributed by atoms with Gasteiger partial charge in [-0.2, -0.15) is 0 Å². The summed E-state index contributed by atoms with van der Waals surface area (Å²) in [4.78, 5) is 18.2. The fourth-order valence-electron chi connectivity index (χ4n) is 3.81. The van der Waals surface area contributed by atoms with E-state index in [0.717, 1.165) is 45.7 Å². The minimum atomic E-state index is -3.65. The third-order valence-corrected chi connectivity index (χ3v) is 7.16. The summed E-state index contributed by atoms with van der Waals surface area (Å²) >= 11 is 0. The number of anilines is 1. The molecule has 1 aromatic heterocycles. The van der Waals surface area contributed by atoms with Crippen LogP contribution in [0.5, 0.6) is 5.75 Å². The van der Waals surface area contributed by atoms with Gasteiger partial charge in [-0.15, -0.1) is 0 Å². The third kappa shape index (κ3) is 3.42. The largest absolute Gasteiger partial charge is 0.495 e. The van der Waals surface area contributed by atoms with Gasteiger partial charge in [0.1, 0.15) is 5.75 Å². The van der Waals surface area contributed by atoms with Crippen LogP contribution in [0.15, 0.2) is 47.4 Å². The molecule has 1 heterocycles. The van der Waals surface area contributed by atoms with Crippen molar-refractivity contribution >= 4 is 32.5 Å². The molecule has 0 fully saturated rings. The fourth-order valence-corrected chi connectivity index (χ4v) is 4.74. The molecule has 156 valence electrons. The molecule has 0 spiro atoms. The summed E-state index contributed by atoms with van der Waals surface area (Å²) in [5, 5.41) is 3.66. The number of benzene rings is 2. The predicted octanol–water partition coefficient (Wildman–Crippen LogP) is 3.23. The van der Waals surface area contributed by atoms with E-state index in [0.29, 0.717) is 17.0 Å². The lowest BCUT2D eigenvalue weighted by molar-refractivity contribution is 0.102. The minimum Gasteiger partial charge on any atom is -0.495 e. The van der Waals surface area contributed by atoms with Crippen LogP contribution in [-0.2, 0) is 22.9 Å². The monoisotopic (exact) mass is 425 g/mol. The number of carbonyl (C=O) groups excluding carboxylic acids is 1. The molecule has 4 rings (SSSR count). The molecule has 8 heteroatoms. The van der Waals surface area contributed by atoms with Crippen molar-refractivity contribution in [2.24, 2.45) is 0 Å². The molecular formula is C22H23N3O4S. The number of aryl methyl sites for hydroxylation is 1. The van der Waals surface area contributed by atoms with Crippen LogP contribution in [0.1, 0.15) is 28.0 Å². The second-order valence-electron chi connectivity index (χ2n) is 7.39. The van der Waals surface area contributed by atoms with Gasteiger partial charge in [-0.3, -0.25) is 9.78 Å². The summed E-state index contributed by atoms with van der Waals surface area (Å²) in [6, 6.07) is 12.0. The number of ether oxygens (including phenoxy) is 1. The first-order valence-electron chi connectivity index (χ1n) is 9.65. The number of hydrogen-bond donors (Lipinski definition) is 1. The maximum atomic E-state index is 13.4. The lowest BCUT2D eigenvalue weighted by Crippen LogP contribution is -2.22. The maximum Gasteiger partial charge on any atom is 0.256 e. The quantitative estimate of drug-likeness (QED) is 0.678. The van der Waals surface area contributed by atoms with Gasteiger partial charge in [-0.05, 0) is 49.1 Å². The lowest BCUT2D eigenvalue weighted by Gasteiger charge is -2.16. The Morgan fingerprint density at radius 1 is 1.13 bits per heavy atom. The first-order chi connectivity index (χ1) is 14.3. The minimum absolute atomic E-state index is 0.0772. The normalized spacial score (nSPS) is 13.5. The average molecular weight is 426 g/mol. The van der Waals surface area contributed by atoms with Gasteiger partial charge in [0.15, 0.2) is 0 Å². The molecule has 1 aliphatic rings. The van der Waals surface area contributed by atoms with Gasteiger partial charge < -0.3 is 10.1 Å². The van der Waals surface area contributed by atoms with E-state index in [9.17, 15) is 13.2 Å². The predicted molar refractivity (Wildman–Crippen MR) is 116 cm³/mol. The second-order valence-corrected chi connectivity index (χ2v) is 9.54. The summed E-state index contributed by atoms with van der Waals surface area (Å²) in [6.45, 7) is 0. The van der Waals surface area contributed by atoms with Crippen LogP contribution in [0.3, 0.4) is 0 Å². The topological polar surface area (TPSA) is 88.6 Å². The molecule has 0 saturated heterocycles. The molecule has 0 aliphatic heterocycles. The first kappa shape index (κ1) is 20.3. The molecule has 1 N–H and O–H groups in total. The van der Waals surface area contributed by atoms with Crippen LogP contribution >= 0.6 is 0 Å². The number of nitrogens with one attached hydrogen (secondary N) is 1. The number of pyridine rings is 1. The molecule has 0 bridgehead atoms. The number of amides is 1. The van der Waals surface area contributed by atoms with E-state index in [-0.39, 0.29) is 10.8 Å². The number of rotatable bonds is 5. The van der Waals surface area contributed by atoms with Crippen LogP contribution in [-0.4, -0.2) is 44.8 Å². The molecule has 0 saturated carbocycles. The number of nitrogens with zero attached hydrogens (tertiary/aromatic N) is 2. The molecule has 0 unspecified atom stereocenters. The Kier molecular flexibility index (Phi) is 5.21. The SMILES string of the molecule is COc1ccc(S(=O)(=O)N(C)C)cc1NC(=O)c1c2c(nc3ccccc13)CCC2.